The van der Waals surface area contributed by atoms with E-state index in [1.807, 2.05) is 27.8 Å². The fraction of sp³-hybridized carbons (Fsp3) is 0.615. The second kappa shape index (κ2) is 6.15. The highest BCUT2D eigenvalue weighted by Gasteiger charge is 2.20. The van der Waals surface area contributed by atoms with Gasteiger partial charge in [-0.1, -0.05) is 12.1 Å². The van der Waals surface area contributed by atoms with Crippen molar-refractivity contribution in [1.29, 1.82) is 0 Å². The minimum Gasteiger partial charge on any atom is -0.379 e. The average molecular weight is 279 g/mol. The normalized spacial score (nSPS) is 12.8. The molecule has 7 heteroatoms. The maximum absolute atomic E-state index is 5.98. The Balaban J connectivity index is 2.16. The van der Waals surface area contributed by atoms with Crippen molar-refractivity contribution in [3.63, 3.8) is 0 Å². The molecular formula is C13H21N5O2. The molecule has 0 fully saturated rings. The van der Waals surface area contributed by atoms with Crippen molar-refractivity contribution in [2.24, 2.45) is 12.8 Å². The molecular weight excluding hydrogens is 258 g/mol. The molecule has 0 radical (unpaired) electrons. The molecule has 0 spiro atoms. The fourth-order valence-corrected chi connectivity index (χ4v) is 2.00. The van der Waals surface area contributed by atoms with E-state index in [0.29, 0.717) is 24.9 Å². The molecule has 0 aliphatic heterocycles. The topological polar surface area (TPSA) is 92.0 Å². The molecule has 0 amide bonds. The molecule has 20 heavy (non-hydrogen) atoms. The number of ether oxygens (including phenoxy) is 1. The summed E-state index contributed by atoms with van der Waals surface area (Å²) in [5.74, 6) is 0.910. The summed E-state index contributed by atoms with van der Waals surface area (Å²) in [6.45, 7) is 6.99. The summed E-state index contributed by atoms with van der Waals surface area (Å²) < 4.78 is 12.5. The van der Waals surface area contributed by atoms with Gasteiger partial charge in [-0.15, -0.1) is 0 Å². The Morgan fingerprint density at radius 2 is 2.15 bits per heavy atom. The summed E-state index contributed by atoms with van der Waals surface area (Å²) in [4.78, 5) is 4.36. The summed E-state index contributed by atoms with van der Waals surface area (Å²) in [6, 6.07) is -0.378. The van der Waals surface area contributed by atoms with Gasteiger partial charge in [0.25, 0.3) is 5.89 Å². The van der Waals surface area contributed by atoms with Crippen molar-refractivity contribution in [2.75, 3.05) is 13.2 Å². The van der Waals surface area contributed by atoms with Crippen LogP contribution in [0.1, 0.15) is 36.6 Å². The van der Waals surface area contributed by atoms with Gasteiger partial charge in [0.15, 0.2) is 5.82 Å². The number of hydrogen-bond donors (Lipinski definition) is 1. The first-order valence-corrected chi connectivity index (χ1v) is 6.72. The number of rotatable bonds is 6. The van der Waals surface area contributed by atoms with Crippen LogP contribution >= 0.6 is 0 Å². The van der Waals surface area contributed by atoms with Crippen LogP contribution in [0.2, 0.25) is 0 Å². The van der Waals surface area contributed by atoms with Crippen molar-refractivity contribution in [2.45, 2.75) is 33.2 Å². The Bertz CT molecular complexity index is 575. The molecule has 0 saturated heterocycles. The highest BCUT2D eigenvalue weighted by Crippen LogP contribution is 2.25. The Labute approximate surface area is 118 Å². The molecule has 1 atom stereocenters. The van der Waals surface area contributed by atoms with Gasteiger partial charge in [-0.3, -0.25) is 4.68 Å². The molecule has 2 aromatic heterocycles. The lowest BCUT2D eigenvalue weighted by atomic mass is 10.2. The van der Waals surface area contributed by atoms with Gasteiger partial charge in [0.2, 0.25) is 0 Å². The predicted octanol–water partition coefficient (Wildman–Crippen LogP) is 1.51. The summed E-state index contributed by atoms with van der Waals surface area (Å²) in [5, 5.41) is 8.27. The van der Waals surface area contributed by atoms with Crippen LogP contribution in [0.5, 0.6) is 0 Å². The van der Waals surface area contributed by atoms with E-state index < -0.39 is 0 Å². The first-order valence-electron chi connectivity index (χ1n) is 6.72. The molecule has 2 heterocycles. The van der Waals surface area contributed by atoms with Crippen LogP contribution in [0.4, 0.5) is 0 Å². The molecule has 0 aromatic carbocycles. The lowest BCUT2D eigenvalue weighted by Crippen LogP contribution is -2.18. The maximum Gasteiger partial charge on any atom is 0.261 e. The third kappa shape index (κ3) is 2.88. The van der Waals surface area contributed by atoms with Gasteiger partial charge in [0.05, 0.1) is 23.9 Å². The zero-order valence-electron chi connectivity index (χ0n) is 12.4. The van der Waals surface area contributed by atoms with Crippen molar-refractivity contribution in [3.8, 4) is 11.5 Å². The number of nitrogens with zero attached hydrogens (tertiary/aromatic N) is 4. The van der Waals surface area contributed by atoms with E-state index in [-0.39, 0.29) is 6.04 Å². The second-order valence-corrected chi connectivity index (χ2v) is 4.81. The van der Waals surface area contributed by atoms with Crippen LogP contribution in [-0.4, -0.2) is 33.1 Å². The second-order valence-electron chi connectivity index (χ2n) is 4.81. The summed E-state index contributed by atoms with van der Waals surface area (Å²) in [5.41, 5.74) is 8.68. The molecule has 0 saturated carbocycles. The molecule has 2 aromatic rings. The van der Waals surface area contributed by atoms with E-state index in [1.54, 1.807) is 4.68 Å². The van der Waals surface area contributed by atoms with E-state index >= 15 is 0 Å². The largest absolute Gasteiger partial charge is 0.379 e. The summed E-state index contributed by atoms with van der Waals surface area (Å²) in [6.07, 6.45) is 0.957. The Morgan fingerprint density at radius 1 is 1.40 bits per heavy atom. The maximum atomic E-state index is 5.98. The van der Waals surface area contributed by atoms with Gasteiger partial charge in [-0.05, 0) is 20.3 Å². The molecule has 2 N–H and O–H groups in total. The van der Waals surface area contributed by atoms with E-state index in [1.165, 1.54) is 0 Å². The minimum absolute atomic E-state index is 0.378. The van der Waals surface area contributed by atoms with Gasteiger partial charge in [0, 0.05) is 19.3 Å². The van der Waals surface area contributed by atoms with Crippen molar-refractivity contribution >= 4 is 0 Å². The van der Waals surface area contributed by atoms with Crippen LogP contribution in [0.15, 0.2) is 4.52 Å². The van der Waals surface area contributed by atoms with Gasteiger partial charge in [0.1, 0.15) is 0 Å². The highest BCUT2D eigenvalue weighted by molar-refractivity contribution is 5.59. The zero-order valence-corrected chi connectivity index (χ0v) is 12.4. The van der Waals surface area contributed by atoms with Gasteiger partial charge >= 0.3 is 0 Å². The Morgan fingerprint density at radius 3 is 2.75 bits per heavy atom. The standard InChI is InChI=1S/C13H21N5O2/c1-5-6-19-7-10(14)12-15-13(20-17-12)11-8(2)16-18(4)9(11)3/h10H,5-7,14H2,1-4H3. The molecule has 1 unspecified atom stereocenters. The fourth-order valence-electron chi connectivity index (χ4n) is 2.00. The predicted molar refractivity (Wildman–Crippen MR) is 74.0 cm³/mol. The van der Waals surface area contributed by atoms with Crippen LogP contribution in [0, 0.1) is 13.8 Å². The zero-order chi connectivity index (χ0) is 14.7. The smallest absolute Gasteiger partial charge is 0.261 e. The van der Waals surface area contributed by atoms with Crippen LogP contribution in [0.3, 0.4) is 0 Å². The van der Waals surface area contributed by atoms with Crippen LogP contribution < -0.4 is 5.73 Å². The van der Waals surface area contributed by atoms with Crippen molar-refractivity contribution < 1.29 is 9.26 Å². The van der Waals surface area contributed by atoms with E-state index in [2.05, 4.69) is 15.2 Å². The van der Waals surface area contributed by atoms with Crippen molar-refractivity contribution in [1.82, 2.24) is 19.9 Å². The first-order chi connectivity index (χ1) is 9.54. The molecule has 2 rings (SSSR count). The molecule has 0 aliphatic carbocycles. The van der Waals surface area contributed by atoms with Crippen molar-refractivity contribution in [3.05, 3.63) is 17.2 Å². The van der Waals surface area contributed by atoms with Crippen LogP contribution in [-0.2, 0) is 11.8 Å². The lowest BCUT2D eigenvalue weighted by molar-refractivity contribution is 0.119. The van der Waals surface area contributed by atoms with E-state index in [9.17, 15) is 0 Å². The Kier molecular flexibility index (Phi) is 4.51. The molecule has 0 bridgehead atoms. The van der Waals surface area contributed by atoms with Gasteiger partial charge in [-0.2, -0.15) is 10.1 Å². The molecule has 110 valence electrons. The molecule has 0 aliphatic rings. The third-order valence-electron chi connectivity index (χ3n) is 3.14. The average Bonchev–Trinajstić information content (AvgIpc) is 2.96. The highest BCUT2D eigenvalue weighted by atomic mass is 16.5. The lowest BCUT2D eigenvalue weighted by Gasteiger charge is -2.06. The quantitative estimate of drug-likeness (QED) is 0.806. The number of aryl methyl sites for hydroxylation is 2. The van der Waals surface area contributed by atoms with E-state index in [4.69, 9.17) is 15.0 Å². The van der Waals surface area contributed by atoms with Gasteiger partial charge < -0.3 is 15.0 Å². The first kappa shape index (κ1) is 14.7. The van der Waals surface area contributed by atoms with Crippen LogP contribution in [0.25, 0.3) is 11.5 Å². The van der Waals surface area contributed by atoms with E-state index in [0.717, 1.165) is 23.4 Å². The minimum atomic E-state index is -0.378. The summed E-state index contributed by atoms with van der Waals surface area (Å²) in [7, 11) is 1.88. The molecule has 7 nitrogen and oxygen atoms in total. The number of hydrogen-bond acceptors (Lipinski definition) is 6. The number of nitrogens with two attached hydrogens (primary N) is 1. The third-order valence-corrected chi connectivity index (χ3v) is 3.14. The summed E-state index contributed by atoms with van der Waals surface area (Å²) >= 11 is 0. The SMILES string of the molecule is CCCOCC(N)c1noc(-c2c(C)nn(C)c2C)n1. The monoisotopic (exact) mass is 279 g/mol. The number of aromatic nitrogens is 4. The Hall–Kier alpha value is -1.73. The van der Waals surface area contributed by atoms with Gasteiger partial charge in [-0.25, -0.2) is 0 Å².